The lowest BCUT2D eigenvalue weighted by molar-refractivity contribution is -0.134. The molecular formula is C21H20FN3OS2. The Hall–Kier alpha value is -2.35. The SMILES string of the molecule is CN(CC(=O)N1N=C(c2cccs2)C[C@@H]1c1cccs1)Cc1ccc(F)cc1. The first-order valence-electron chi connectivity index (χ1n) is 9.00. The maximum atomic E-state index is 13.1. The number of benzene rings is 1. The highest BCUT2D eigenvalue weighted by molar-refractivity contribution is 7.12. The van der Waals surface area contributed by atoms with Crippen LogP contribution in [0.3, 0.4) is 0 Å². The third-order valence-corrected chi connectivity index (χ3v) is 6.51. The van der Waals surface area contributed by atoms with Crippen LogP contribution in [-0.4, -0.2) is 35.1 Å². The molecule has 28 heavy (non-hydrogen) atoms. The molecule has 4 rings (SSSR count). The molecule has 2 aromatic heterocycles. The molecule has 0 bridgehead atoms. The number of nitrogens with zero attached hydrogens (tertiary/aromatic N) is 3. The molecular weight excluding hydrogens is 393 g/mol. The smallest absolute Gasteiger partial charge is 0.257 e. The van der Waals surface area contributed by atoms with Gasteiger partial charge in [0.25, 0.3) is 5.91 Å². The lowest BCUT2D eigenvalue weighted by Gasteiger charge is -2.24. The van der Waals surface area contributed by atoms with Gasteiger partial charge in [0.05, 0.1) is 23.2 Å². The van der Waals surface area contributed by atoms with E-state index in [9.17, 15) is 9.18 Å². The molecule has 0 saturated carbocycles. The number of carbonyl (C=O) groups excluding carboxylic acids is 1. The number of hydrogen-bond donors (Lipinski definition) is 0. The van der Waals surface area contributed by atoms with E-state index >= 15 is 0 Å². The molecule has 1 atom stereocenters. The zero-order chi connectivity index (χ0) is 19.5. The molecule has 0 radical (unpaired) electrons. The monoisotopic (exact) mass is 413 g/mol. The molecule has 1 aromatic carbocycles. The summed E-state index contributed by atoms with van der Waals surface area (Å²) in [6, 6.07) is 14.4. The number of hydrazone groups is 1. The minimum atomic E-state index is -0.256. The molecule has 4 nitrogen and oxygen atoms in total. The number of amides is 1. The third kappa shape index (κ3) is 4.22. The maximum absolute atomic E-state index is 13.1. The molecule has 3 aromatic rings. The molecule has 0 fully saturated rings. The van der Waals surface area contributed by atoms with Crippen LogP contribution in [0.5, 0.6) is 0 Å². The van der Waals surface area contributed by atoms with Crippen LogP contribution in [0.15, 0.2) is 64.4 Å². The molecule has 1 aliphatic rings. The van der Waals surface area contributed by atoms with Crippen LogP contribution in [0.2, 0.25) is 0 Å². The van der Waals surface area contributed by atoms with Gasteiger partial charge in [0, 0.05) is 17.8 Å². The molecule has 1 aliphatic heterocycles. The van der Waals surface area contributed by atoms with E-state index in [1.807, 2.05) is 40.9 Å². The van der Waals surface area contributed by atoms with Gasteiger partial charge in [-0.05, 0) is 47.6 Å². The van der Waals surface area contributed by atoms with Crippen molar-refractivity contribution in [2.75, 3.05) is 13.6 Å². The fraction of sp³-hybridized carbons (Fsp3) is 0.238. The van der Waals surface area contributed by atoms with E-state index in [0.29, 0.717) is 6.54 Å². The number of rotatable bonds is 6. The van der Waals surface area contributed by atoms with Gasteiger partial charge >= 0.3 is 0 Å². The molecule has 0 aliphatic carbocycles. The number of thiophene rings is 2. The van der Waals surface area contributed by atoms with E-state index in [1.165, 1.54) is 12.1 Å². The molecule has 144 valence electrons. The topological polar surface area (TPSA) is 35.9 Å². The van der Waals surface area contributed by atoms with E-state index in [1.54, 1.807) is 39.8 Å². The fourth-order valence-electron chi connectivity index (χ4n) is 3.30. The van der Waals surface area contributed by atoms with Gasteiger partial charge in [-0.25, -0.2) is 9.40 Å². The number of likely N-dealkylation sites (N-methyl/N-ethyl adjacent to an activating group) is 1. The molecule has 0 spiro atoms. The van der Waals surface area contributed by atoms with Crippen molar-refractivity contribution in [1.29, 1.82) is 0 Å². The summed E-state index contributed by atoms with van der Waals surface area (Å²) in [6.45, 7) is 0.825. The number of halogens is 1. The summed E-state index contributed by atoms with van der Waals surface area (Å²) in [5.41, 5.74) is 1.93. The van der Waals surface area contributed by atoms with Crippen LogP contribution < -0.4 is 0 Å². The third-order valence-electron chi connectivity index (χ3n) is 4.61. The van der Waals surface area contributed by atoms with Gasteiger partial charge in [-0.15, -0.1) is 22.7 Å². The lowest BCUT2D eigenvalue weighted by atomic mass is 10.1. The van der Waals surface area contributed by atoms with Gasteiger partial charge in [0.1, 0.15) is 5.82 Å². The van der Waals surface area contributed by atoms with Crippen LogP contribution in [0.4, 0.5) is 4.39 Å². The van der Waals surface area contributed by atoms with Crippen molar-refractivity contribution in [2.45, 2.75) is 19.0 Å². The van der Waals surface area contributed by atoms with Gasteiger partial charge < -0.3 is 0 Å². The predicted octanol–water partition coefficient (Wildman–Crippen LogP) is 4.76. The first kappa shape index (κ1) is 19.0. The van der Waals surface area contributed by atoms with E-state index in [0.717, 1.165) is 27.5 Å². The Morgan fingerprint density at radius 2 is 1.93 bits per heavy atom. The highest BCUT2D eigenvalue weighted by Crippen LogP contribution is 2.35. The Labute approximate surface area is 171 Å². The second-order valence-electron chi connectivity index (χ2n) is 6.80. The number of carbonyl (C=O) groups is 1. The maximum Gasteiger partial charge on any atom is 0.257 e. The van der Waals surface area contributed by atoms with Crippen molar-refractivity contribution in [3.63, 3.8) is 0 Å². The van der Waals surface area contributed by atoms with Crippen molar-refractivity contribution >= 4 is 34.3 Å². The van der Waals surface area contributed by atoms with Gasteiger partial charge in [-0.3, -0.25) is 9.69 Å². The highest BCUT2D eigenvalue weighted by atomic mass is 32.1. The normalized spacial score (nSPS) is 16.6. The first-order valence-corrected chi connectivity index (χ1v) is 10.8. The zero-order valence-corrected chi connectivity index (χ0v) is 17.0. The van der Waals surface area contributed by atoms with E-state index in [-0.39, 0.29) is 24.3 Å². The van der Waals surface area contributed by atoms with Crippen molar-refractivity contribution < 1.29 is 9.18 Å². The van der Waals surface area contributed by atoms with Crippen LogP contribution >= 0.6 is 22.7 Å². The van der Waals surface area contributed by atoms with Crippen molar-refractivity contribution in [3.05, 3.63) is 80.4 Å². The summed E-state index contributed by atoms with van der Waals surface area (Å²) in [4.78, 5) is 17.2. The lowest BCUT2D eigenvalue weighted by Crippen LogP contribution is -2.36. The molecule has 1 amide bonds. The Bertz CT molecular complexity index is 952. The van der Waals surface area contributed by atoms with E-state index in [2.05, 4.69) is 11.2 Å². The Morgan fingerprint density at radius 3 is 2.61 bits per heavy atom. The van der Waals surface area contributed by atoms with Crippen molar-refractivity contribution in [1.82, 2.24) is 9.91 Å². The van der Waals surface area contributed by atoms with Gasteiger partial charge in [0.2, 0.25) is 0 Å². The van der Waals surface area contributed by atoms with Crippen LogP contribution in [0.25, 0.3) is 0 Å². The Balaban J connectivity index is 1.49. The van der Waals surface area contributed by atoms with E-state index < -0.39 is 0 Å². The van der Waals surface area contributed by atoms with Gasteiger partial charge in [0.15, 0.2) is 0 Å². The molecule has 0 unspecified atom stereocenters. The van der Waals surface area contributed by atoms with Gasteiger partial charge in [-0.1, -0.05) is 24.3 Å². The molecule has 3 heterocycles. The summed E-state index contributed by atoms with van der Waals surface area (Å²) in [7, 11) is 1.89. The second-order valence-corrected chi connectivity index (χ2v) is 8.72. The van der Waals surface area contributed by atoms with Crippen LogP contribution in [0, 0.1) is 5.82 Å². The largest absolute Gasteiger partial charge is 0.293 e. The minimum Gasteiger partial charge on any atom is -0.293 e. The Kier molecular flexibility index (Phi) is 5.66. The van der Waals surface area contributed by atoms with Crippen molar-refractivity contribution in [2.24, 2.45) is 5.10 Å². The average molecular weight is 414 g/mol. The summed E-state index contributed by atoms with van der Waals surface area (Å²) in [5.74, 6) is -0.289. The van der Waals surface area contributed by atoms with Crippen LogP contribution in [-0.2, 0) is 11.3 Å². The minimum absolute atomic E-state index is 0.0328. The molecule has 0 saturated heterocycles. The first-order chi connectivity index (χ1) is 13.6. The molecule has 0 N–H and O–H groups in total. The summed E-state index contributed by atoms with van der Waals surface area (Å²) < 4.78 is 13.1. The van der Waals surface area contributed by atoms with Crippen molar-refractivity contribution in [3.8, 4) is 0 Å². The van der Waals surface area contributed by atoms with Crippen LogP contribution in [0.1, 0.15) is 27.8 Å². The average Bonchev–Trinajstić information content (AvgIpc) is 3.43. The Morgan fingerprint density at radius 1 is 1.18 bits per heavy atom. The summed E-state index contributed by atoms with van der Waals surface area (Å²) in [6.07, 6.45) is 0.731. The zero-order valence-electron chi connectivity index (χ0n) is 15.4. The van der Waals surface area contributed by atoms with E-state index in [4.69, 9.17) is 0 Å². The standard InChI is InChI=1S/C21H20FN3OS2/c1-24(13-15-6-8-16(22)9-7-15)14-21(26)25-18(20-5-3-11-28-20)12-17(23-25)19-4-2-10-27-19/h2-11,18H,12-14H2,1H3/t18-/m1/s1. The highest BCUT2D eigenvalue weighted by Gasteiger charge is 2.34. The van der Waals surface area contributed by atoms with Gasteiger partial charge in [-0.2, -0.15) is 5.10 Å². The summed E-state index contributed by atoms with van der Waals surface area (Å²) in [5, 5.41) is 10.4. The molecule has 7 heteroatoms. The number of hydrogen-bond acceptors (Lipinski definition) is 5. The summed E-state index contributed by atoms with van der Waals surface area (Å²) >= 11 is 3.29. The fourth-order valence-corrected chi connectivity index (χ4v) is 4.83. The second kappa shape index (κ2) is 8.34. The quantitative estimate of drug-likeness (QED) is 0.584. The predicted molar refractivity (Wildman–Crippen MR) is 112 cm³/mol.